The summed E-state index contributed by atoms with van der Waals surface area (Å²) in [4.78, 5) is 14.2. The van der Waals surface area contributed by atoms with E-state index in [1.54, 1.807) is 7.11 Å². The molecule has 0 radical (unpaired) electrons. The summed E-state index contributed by atoms with van der Waals surface area (Å²) in [5.41, 5.74) is 2.44. The van der Waals surface area contributed by atoms with Gasteiger partial charge in [-0.15, -0.1) is 0 Å². The van der Waals surface area contributed by atoms with Crippen molar-refractivity contribution in [2.75, 3.05) is 38.9 Å². The maximum Gasteiger partial charge on any atom is 0.307 e. The molecule has 0 aliphatic carbocycles. The Morgan fingerprint density at radius 2 is 1.86 bits per heavy atom. The minimum absolute atomic E-state index is 0.135. The SMILES string of the molecule is CCCCCOCCCCc1cc(OC)cc(N2CCCCC2CC(=O)OC)c1. The fraction of sp³-hybridized carbons (Fsp3) is 0.708. The molecule has 0 bridgehead atoms. The number of piperidine rings is 1. The number of hydrogen-bond donors (Lipinski definition) is 0. The molecule has 2 rings (SSSR count). The Morgan fingerprint density at radius 3 is 2.59 bits per heavy atom. The number of carbonyl (C=O) groups is 1. The molecule has 5 nitrogen and oxygen atoms in total. The van der Waals surface area contributed by atoms with Gasteiger partial charge in [-0.1, -0.05) is 19.8 Å². The third-order valence-electron chi connectivity index (χ3n) is 5.67. The monoisotopic (exact) mass is 405 g/mol. The fourth-order valence-electron chi connectivity index (χ4n) is 3.99. The molecule has 1 saturated heterocycles. The lowest BCUT2D eigenvalue weighted by Gasteiger charge is -2.37. The molecule has 1 unspecified atom stereocenters. The van der Waals surface area contributed by atoms with E-state index in [4.69, 9.17) is 14.2 Å². The Kier molecular flexibility index (Phi) is 10.9. The molecule has 1 aromatic rings. The predicted molar refractivity (Wildman–Crippen MR) is 118 cm³/mol. The van der Waals surface area contributed by atoms with Gasteiger partial charge in [-0.25, -0.2) is 0 Å². The summed E-state index contributed by atoms with van der Waals surface area (Å²) < 4.78 is 16.2. The number of rotatable bonds is 13. The third kappa shape index (κ3) is 8.25. The Morgan fingerprint density at radius 1 is 1.07 bits per heavy atom. The summed E-state index contributed by atoms with van der Waals surface area (Å²) in [7, 11) is 3.18. The first-order valence-electron chi connectivity index (χ1n) is 11.3. The second kappa shape index (κ2) is 13.5. The number of ether oxygens (including phenoxy) is 3. The van der Waals surface area contributed by atoms with Gasteiger partial charge in [-0.3, -0.25) is 4.79 Å². The lowest BCUT2D eigenvalue weighted by atomic mass is 9.97. The molecule has 1 atom stereocenters. The van der Waals surface area contributed by atoms with Crippen LogP contribution in [-0.2, 0) is 20.7 Å². The van der Waals surface area contributed by atoms with Gasteiger partial charge in [0, 0.05) is 37.6 Å². The van der Waals surface area contributed by atoms with E-state index in [2.05, 4.69) is 30.0 Å². The summed E-state index contributed by atoms with van der Waals surface area (Å²) in [5, 5.41) is 0. The van der Waals surface area contributed by atoms with Crippen LogP contribution < -0.4 is 9.64 Å². The molecule has 164 valence electrons. The smallest absolute Gasteiger partial charge is 0.307 e. The minimum atomic E-state index is -0.135. The highest BCUT2D eigenvalue weighted by Crippen LogP contribution is 2.31. The number of methoxy groups -OCH3 is 2. The quantitative estimate of drug-likeness (QED) is 0.336. The lowest BCUT2D eigenvalue weighted by Crippen LogP contribution is -2.41. The molecular formula is C24H39NO4. The summed E-state index contributed by atoms with van der Waals surface area (Å²) in [6, 6.07) is 6.69. The molecule has 0 spiro atoms. The highest BCUT2D eigenvalue weighted by atomic mass is 16.5. The van der Waals surface area contributed by atoms with Gasteiger partial charge in [-0.2, -0.15) is 0 Å². The second-order valence-electron chi connectivity index (χ2n) is 7.94. The zero-order valence-corrected chi connectivity index (χ0v) is 18.6. The van der Waals surface area contributed by atoms with Crippen molar-refractivity contribution >= 4 is 11.7 Å². The van der Waals surface area contributed by atoms with Gasteiger partial charge >= 0.3 is 5.97 Å². The van der Waals surface area contributed by atoms with E-state index in [-0.39, 0.29) is 12.0 Å². The maximum absolute atomic E-state index is 11.8. The third-order valence-corrected chi connectivity index (χ3v) is 5.67. The summed E-state index contributed by atoms with van der Waals surface area (Å²) >= 11 is 0. The number of unbranched alkanes of at least 4 members (excludes halogenated alkanes) is 3. The van der Waals surface area contributed by atoms with Crippen molar-refractivity contribution in [2.24, 2.45) is 0 Å². The summed E-state index contributed by atoms with van der Waals surface area (Å²) in [6.45, 7) is 4.91. The van der Waals surface area contributed by atoms with Crippen LogP contribution in [0.3, 0.4) is 0 Å². The molecule has 0 aromatic heterocycles. The van der Waals surface area contributed by atoms with E-state index in [9.17, 15) is 4.79 Å². The predicted octanol–water partition coefficient (Wildman–Crippen LogP) is 5.15. The molecule has 29 heavy (non-hydrogen) atoms. The number of esters is 1. The van der Waals surface area contributed by atoms with Crippen LogP contribution in [0.4, 0.5) is 5.69 Å². The van der Waals surface area contributed by atoms with Crippen molar-refractivity contribution in [3.63, 3.8) is 0 Å². The number of benzene rings is 1. The van der Waals surface area contributed by atoms with E-state index in [0.717, 1.165) is 76.1 Å². The molecule has 1 aliphatic heterocycles. The fourth-order valence-corrected chi connectivity index (χ4v) is 3.99. The van der Waals surface area contributed by atoms with Crippen molar-refractivity contribution in [1.82, 2.24) is 0 Å². The highest BCUT2D eigenvalue weighted by Gasteiger charge is 2.26. The zero-order valence-electron chi connectivity index (χ0n) is 18.6. The van der Waals surface area contributed by atoms with E-state index in [1.165, 1.54) is 25.5 Å². The number of carbonyl (C=O) groups excluding carboxylic acids is 1. The Hall–Kier alpha value is -1.75. The van der Waals surface area contributed by atoms with Crippen LogP contribution in [-0.4, -0.2) is 46.0 Å². The van der Waals surface area contributed by atoms with Crippen LogP contribution in [0.25, 0.3) is 0 Å². The van der Waals surface area contributed by atoms with Crippen LogP contribution in [0.15, 0.2) is 18.2 Å². The first kappa shape index (κ1) is 23.5. The van der Waals surface area contributed by atoms with Gasteiger partial charge in [0.1, 0.15) is 5.75 Å². The maximum atomic E-state index is 11.8. The first-order valence-corrected chi connectivity index (χ1v) is 11.3. The molecular weight excluding hydrogens is 366 g/mol. The van der Waals surface area contributed by atoms with Crippen LogP contribution in [0.5, 0.6) is 5.75 Å². The first-order chi connectivity index (χ1) is 14.2. The Balaban J connectivity index is 1.93. The van der Waals surface area contributed by atoms with Crippen LogP contribution >= 0.6 is 0 Å². The van der Waals surface area contributed by atoms with Gasteiger partial charge in [0.25, 0.3) is 0 Å². The largest absolute Gasteiger partial charge is 0.497 e. The van der Waals surface area contributed by atoms with Crippen molar-refractivity contribution in [2.45, 2.75) is 77.2 Å². The van der Waals surface area contributed by atoms with E-state index in [1.807, 2.05) is 0 Å². The molecule has 1 heterocycles. The lowest BCUT2D eigenvalue weighted by molar-refractivity contribution is -0.141. The van der Waals surface area contributed by atoms with E-state index in [0.29, 0.717) is 6.42 Å². The van der Waals surface area contributed by atoms with Gasteiger partial charge < -0.3 is 19.1 Å². The molecule has 1 aromatic carbocycles. The van der Waals surface area contributed by atoms with Crippen LogP contribution in [0.1, 0.15) is 70.3 Å². The molecule has 0 saturated carbocycles. The Labute approximate surface area is 176 Å². The van der Waals surface area contributed by atoms with Crippen molar-refractivity contribution in [1.29, 1.82) is 0 Å². The Bertz CT molecular complexity index is 605. The van der Waals surface area contributed by atoms with E-state index < -0.39 is 0 Å². The topological polar surface area (TPSA) is 48.0 Å². The second-order valence-corrected chi connectivity index (χ2v) is 7.94. The normalized spacial score (nSPS) is 16.7. The van der Waals surface area contributed by atoms with Crippen molar-refractivity contribution < 1.29 is 19.0 Å². The number of aryl methyl sites for hydroxylation is 1. The molecule has 0 amide bonds. The summed E-state index contributed by atoms with van der Waals surface area (Å²) in [6.07, 6.45) is 10.6. The average Bonchev–Trinajstić information content (AvgIpc) is 2.75. The van der Waals surface area contributed by atoms with Gasteiger partial charge in [0.15, 0.2) is 0 Å². The minimum Gasteiger partial charge on any atom is -0.497 e. The highest BCUT2D eigenvalue weighted by molar-refractivity contribution is 5.71. The number of nitrogens with zero attached hydrogens (tertiary/aromatic N) is 1. The van der Waals surface area contributed by atoms with Crippen LogP contribution in [0, 0.1) is 0 Å². The number of anilines is 1. The van der Waals surface area contributed by atoms with Gasteiger partial charge in [0.2, 0.25) is 0 Å². The molecule has 0 N–H and O–H groups in total. The zero-order chi connectivity index (χ0) is 20.9. The van der Waals surface area contributed by atoms with Crippen LogP contribution in [0.2, 0.25) is 0 Å². The molecule has 5 heteroatoms. The van der Waals surface area contributed by atoms with E-state index >= 15 is 0 Å². The summed E-state index contributed by atoms with van der Waals surface area (Å²) in [5.74, 6) is 0.750. The molecule has 1 fully saturated rings. The van der Waals surface area contributed by atoms with Crippen molar-refractivity contribution in [3.8, 4) is 5.75 Å². The standard InChI is InChI=1S/C24H39NO4/c1-4-5-9-14-29-15-10-7-11-20-16-22(18-23(17-20)27-2)25-13-8-6-12-21(25)19-24(26)28-3/h16-18,21H,4-15,19H2,1-3H3. The van der Waals surface area contributed by atoms with Crippen molar-refractivity contribution in [3.05, 3.63) is 23.8 Å². The number of hydrogen-bond acceptors (Lipinski definition) is 5. The molecule has 1 aliphatic rings. The van der Waals surface area contributed by atoms with Gasteiger partial charge in [0.05, 0.1) is 20.6 Å². The average molecular weight is 406 g/mol. The van der Waals surface area contributed by atoms with Gasteiger partial charge in [-0.05, 0) is 62.6 Å².